The first-order valence-electron chi connectivity index (χ1n) is 7.33. The lowest BCUT2D eigenvalue weighted by Crippen LogP contribution is -2.43. The SMILES string of the molecule is Cc1ccoc1C(=O)NNC(=O)COc1ccc(C(C)C)cc1. The van der Waals surface area contributed by atoms with Gasteiger partial charge in [-0.1, -0.05) is 26.0 Å². The quantitative estimate of drug-likeness (QED) is 0.831. The predicted octanol–water partition coefficient (Wildman–Crippen LogP) is 2.55. The molecule has 2 amide bonds. The molecule has 1 aromatic heterocycles. The Kier molecular flexibility index (Phi) is 5.41. The van der Waals surface area contributed by atoms with Crippen molar-refractivity contribution in [3.8, 4) is 5.75 Å². The van der Waals surface area contributed by atoms with Crippen LogP contribution >= 0.6 is 0 Å². The van der Waals surface area contributed by atoms with E-state index in [4.69, 9.17) is 9.15 Å². The first-order valence-corrected chi connectivity index (χ1v) is 7.33. The minimum atomic E-state index is -0.512. The molecular formula is C17H20N2O4. The van der Waals surface area contributed by atoms with Crippen LogP contribution in [0.15, 0.2) is 41.0 Å². The first kappa shape index (κ1) is 16.6. The lowest BCUT2D eigenvalue weighted by atomic mass is 10.0. The fourth-order valence-electron chi connectivity index (χ4n) is 1.92. The molecule has 0 aliphatic heterocycles. The van der Waals surface area contributed by atoms with E-state index < -0.39 is 11.8 Å². The average Bonchev–Trinajstić information content (AvgIpc) is 2.97. The monoisotopic (exact) mass is 316 g/mol. The third-order valence-electron chi connectivity index (χ3n) is 3.30. The van der Waals surface area contributed by atoms with E-state index in [1.165, 1.54) is 11.8 Å². The highest BCUT2D eigenvalue weighted by atomic mass is 16.5. The van der Waals surface area contributed by atoms with Crippen molar-refractivity contribution in [2.75, 3.05) is 6.61 Å². The summed E-state index contributed by atoms with van der Waals surface area (Å²) in [5.41, 5.74) is 6.44. The molecule has 0 atom stereocenters. The molecule has 2 rings (SSSR count). The Morgan fingerprint density at radius 1 is 1.13 bits per heavy atom. The van der Waals surface area contributed by atoms with Crippen LogP contribution in [0, 0.1) is 6.92 Å². The molecule has 0 fully saturated rings. The topological polar surface area (TPSA) is 80.6 Å². The Labute approximate surface area is 134 Å². The number of aryl methyl sites for hydroxylation is 1. The molecule has 0 spiro atoms. The Morgan fingerprint density at radius 2 is 1.83 bits per heavy atom. The number of nitrogens with one attached hydrogen (secondary N) is 2. The van der Waals surface area contributed by atoms with Crippen LogP contribution in [0.5, 0.6) is 5.75 Å². The molecule has 0 bridgehead atoms. The zero-order valence-corrected chi connectivity index (χ0v) is 13.4. The molecule has 0 saturated carbocycles. The number of benzene rings is 1. The fourth-order valence-corrected chi connectivity index (χ4v) is 1.92. The molecule has 23 heavy (non-hydrogen) atoms. The number of hydrazine groups is 1. The number of furan rings is 1. The smallest absolute Gasteiger partial charge is 0.305 e. The summed E-state index contributed by atoms with van der Waals surface area (Å²) in [6.07, 6.45) is 1.41. The van der Waals surface area contributed by atoms with Crippen molar-refractivity contribution < 1.29 is 18.7 Å². The van der Waals surface area contributed by atoms with Gasteiger partial charge in [-0.15, -0.1) is 0 Å². The molecule has 1 aromatic carbocycles. The Morgan fingerprint density at radius 3 is 2.39 bits per heavy atom. The third-order valence-corrected chi connectivity index (χ3v) is 3.30. The van der Waals surface area contributed by atoms with Gasteiger partial charge >= 0.3 is 5.91 Å². The maximum Gasteiger partial charge on any atom is 0.305 e. The van der Waals surface area contributed by atoms with Gasteiger partial charge in [-0.2, -0.15) is 0 Å². The molecule has 122 valence electrons. The summed E-state index contributed by atoms with van der Waals surface area (Å²) in [5, 5.41) is 0. The van der Waals surface area contributed by atoms with Crippen LogP contribution in [0.4, 0.5) is 0 Å². The number of hydrogen-bond donors (Lipinski definition) is 2. The summed E-state index contributed by atoms with van der Waals surface area (Å²) in [6, 6.07) is 9.21. The van der Waals surface area contributed by atoms with Crippen molar-refractivity contribution in [1.82, 2.24) is 10.9 Å². The van der Waals surface area contributed by atoms with Crippen molar-refractivity contribution in [2.24, 2.45) is 0 Å². The molecular weight excluding hydrogens is 296 g/mol. The highest BCUT2D eigenvalue weighted by Gasteiger charge is 2.13. The predicted molar refractivity (Wildman–Crippen MR) is 85.1 cm³/mol. The van der Waals surface area contributed by atoms with E-state index in [2.05, 4.69) is 24.7 Å². The van der Waals surface area contributed by atoms with E-state index in [1.54, 1.807) is 13.0 Å². The summed E-state index contributed by atoms with van der Waals surface area (Å²) in [5.74, 6) is 0.221. The summed E-state index contributed by atoms with van der Waals surface area (Å²) >= 11 is 0. The highest BCUT2D eigenvalue weighted by molar-refractivity contribution is 5.94. The average molecular weight is 316 g/mol. The Hall–Kier alpha value is -2.76. The fraction of sp³-hybridized carbons (Fsp3) is 0.294. The maximum atomic E-state index is 11.7. The normalized spacial score (nSPS) is 10.4. The van der Waals surface area contributed by atoms with Gasteiger partial charge in [0.1, 0.15) is 5.75 Å². The van der Waals surface area contributed by atoms with Gasteiger partial charge < -0.3 is 9.15 Å². The number of amides is 2. The minimum absolute atomic E-state index is 0.162. The Balaban J connectivity index is 1.77. The molecule has 0 radical (unpaired) electrons. The number of rotatable bonds is 5. The van der Waals surface area contributed by atoms with Crippen LogP contribution in [0.25, 0.3) is 0 Å². The van der Waals surface area contributed by atoms with Crippen molar-refractivity contribution in [3.05, 3.63) is 53.5 Å². The number of carbonyl (C=O) groups is 2. The largest absolute Gasteiger partial charge is 0.484 e. The summed E-state index contributed by atoms with van der Waals surface area (Å²) in [4.78, 5) is 23.4. The second-order valence-electron chi connectivity index (χ2n) is 5.45. The van der Waals surface area contributed by atoms with Crippen molar-refractivity contribution in [1.29, 1.82) is 0 Å². The van der Waals surface area contributed by atoms with Gasteiger partial charge in [0.25, 0.3) is 5.91 Å². The molecule has 6 heteroatoms. The number of hydrogen-bond acceptors (Lipinski definition) is 4. The van der Waals surface area contributed by atoms with E-state index in [0.29, 0.717) is 17.2 Å². The lowest BCUT2D eigenvalue weighted by Gasteiger charge is -2.09. The van der Waals surface area contributed by atoms with E-state index in [9.17, 15) is 9.59 Å². The third kappa shape index (κ3) is 4.60. The summed E-state index contributed by atoms with van der Waals surface area (Å²) in [6.45, 7) is 5.75. The van der Waals surface area contributed by atoms with Crippen LogP contribution in [-0.2, 0) is 4.79 Å². The van der Waals surface area contributed by atoms with Crippen LogP contribution in [0.2, 0.25) is 0 Å². The van der Waals surface area contributed by atoms with Gasteiger partial charge in [-0.05, 0) is 36.6 Å². The maximum absolute atomic E-state index is 11.7. The molecule has 0 aliphatic rings. The second kappa shape index (κ2) is 7.49. The van der Waals surface area contributed by atoms with E-state index in [0.717, 1.165) is 0 Å². The number of carbonyl (C=O) groups excluding carboxylic acids is 2. The van der Waals surface area contributed by atoms with Gasteiger partial charge in [-0.25, -0.2) is 0 Å². The van der Waals surface area contributed by atoms with Gasteiger partial charge in [-0.3, -0.25) is 20.4 Å². The molecule has 0 saturated heterocycles. The molecule has 2 N–H and O–H groups in total. The van der Waals surface area contributed by atoms with Crippen molar-refractivity contribution >= 4 is 11.8 Å². The zero-order chi connectivity index (χ0) is 16.8. The molecule has 0 aliphatic carbocycles. The molecule has 1 heterocycles. The standard InChI is InChI=1S/C17H20N2O4/c1-11(2)13-4-6-14(7-5-13)23-10-15(20)18-19-17(21)16-12(3)8-9-22-16/h4-9,11H,10H2,1-3H3,(H,18,20)(H,19,21). The van der Waals surface area contributed by atoms with E-state index in [-0.39, 0.29) is 12.4 Å². The molecule has 2 aromatic rings. The number of ether oxygens (including phenoxy) is 1. The Bertz CT molecular complexity index is 674. The summed E-state index contributed by atoms with van der Waals surface area (Å²) in [7, 11) is 0. The highest BCUT2D eigenvalue weighted by Crippen LogP contribution is 2.18. The van der Waals surface area contributed by atoms with Crippen molar-refractivity contribution in [3.63, 3.8) is 0 Å². The zero-order valence-electron chi connectivity index (χ0n) is 13.4. The van der Waals surface area contributed by atoms with Gasteiger partial charge in [0.15, 0.2) is 12.4 Å². The van der Waals surface area contributed by atoms with Crippen LogP contribution in [0.3, 0.4) is 0 Å². The van der Waals surface area contributed by atoms with Crippen LogP contribution in [-0.4, -0.2) is 18.4 Å². The van der Waals surface area contributed by atoms with Crippen molar-refractivity contribution in [2.45, 2.75) is 26.7 Å². The first-order chi connectivity index (χ1) is 11.0. The van der Waals surface area contributed by atoms with Crippen LogP contribution < -0.4 is 15.6 Å². The molecule has 0 unspecified atom stereocenters. The van der Waals surface area contributed by atoms with Gasteiger partial charge in [0, 0.05) is 5.56 Å². The van der Waals surface area contributed by atoms with Gasteiger partial charge in [0.05, 0.1) is 6.26 Å². The second-order valence-corrected chi connectivity index (χ2v) is 5.45. The minimum Gasteiger partial charge on any atom is -0.484 e. The lowest BCUT2D eigenvalue weighted by molar-refractivity contribution is -0.123. The summed E-state index contributed by atoms with van der Waals surface area (Å²) < 4.78 is 10.4. The van der Waals surface area contributed by atoms with Crippen LogP contribution in [0.1, 0.15) is 41.4 Å². The van der Waals surface area contributed by atoms with E-state index >= 15 is 0 Å². The molecule has 6 nitrogen and oxygen atoms in total. The van der Waals surface area contributed by atoms with Gasteiger partial charge in [0.2, 0.25) is 0 Å². The van der Waals surface area contributed by atoms with E-state index in [1.807, 2.05) is 24.3 Å².